The van der Waals surface area contributed by atoms with E-state index in [2.05, 4.69) is 40.6 Å². The second kappa shape index (κ2) is 9.39. The minimum atomic E-state index is -4.98. The van der Waals surface area contributed by atoms with Crippen LogP contribution in [-0.2, 0) is 15.0 Å². The van der Waals surface area contributed by atoms with E-state index < -0.39 is 56.5 Å². The molecule has 1 N–H and O–H groups in total. The molecular weight excluding hydrogens is 516 g/mol. The van der Waals surface area contributed by atoms with Crippen molar-refractivity contribution in [2.45, 2.75) is 56.8 Å². The first-order valence-electron chi connectivity index (χ1n) is 9.85. The van der Waals surface area contributed by atoms with Gasteiger partial charge in [-0.15, -0.1) is 0 Å². The van der Waals surface area contributed by atoms with Gasteiger partial charge in [0, 0.05) is 24.7 Å². The van der Waals surface area contributed by atoms with Gasteiger partial charge < -0.3 is 14.6 Å². The van der Waals surface area contributed by atoms with Gasteiger partial charge in [-0.05, 0) is 38.1 Å². The van der Waals surface area contributed by atoms with Crippen molar-refractivity contribution in [1.29, 1.82) is 0 Å². The lowest BCUT2D eigenvalue weighted by Crippen LogP contribution is -2.63. The molecule has 0 fully saturated rings. The summed E-state index contributed by atoms with van der Waals surface area (Å²) < 4.78 is 67.7. The molecule has 0 bridgehead atoms. The van der Waals surface area contributed by atoms with Gasteiger partial charge in [0.25, 0.3) is 0 Å². The Morgan fingerprint density at radius 3 is 2.50 bits per heavy atom. The van der Waals surface area contributed by atoms with Crippen LogP contribution < -0.4 is 0 Å². The number of halogens is 5. The minimum Gasteiger partial charge on any atom is -0.465 e. The molecule has 12 heteroatoms. The van der Waals surface area contributed by atoms with E-state index in [1.54, 1.807) is 0 Å². The molecule has 0 aliphatic carbocycles. The Balaban J connectivity index is 2.53. The van der Waals surface area contributed by atoms with Crippen molar-refractivity contribution in [3.05, 3.63) is 34.1 Å². The molecule has 0 spiro atoms. The monoisotopic (exact) mass is 542 g/mol. The van der Waals surface area contributed by atoms with E-state index >= 15 is 0 Å². The zero-order valence-corrected chi connectivity index (χ0v) is 21.1. The fraction of sp³-hybridized carbons (Fsp3) is 0.600. The Bertz CT molecular complexity index is 893. The highest BCUT2D eigenvalue weighted by Gasteiger charge is 2.62. The summed E-state index contributed by atoms with van der Waals surface area (Å²) >= 11 is 3.21. The molecule has 6 nitrogen and oxygen atoms in total. The van der Waals surface area contributed by atoms with Crippen LogP contribution in [-0.4, -0.2) is 61.7 Å². The van der Waals surface area contributed by atoms with Crippen molar-refractivity contribution in [2.75, 3.05) is 19.9 Å². The van der Waals surface area contributed by atoms with Gasteiger partial charge in [-0.1, -0.05) is 35.6 Å². The van der Waals surface area contributed by atoms with Crippen molar-refractivity contribution in [2.24, 2.45) is 4.99 Å². The fourth-order valence-electron chi connectivity index (χ4n) is 3.04. The molecule has 1 aliphatic rings. The van der Waals surface area contributed by atoms with Gasteiger partial charge >= 0.3 is 12.3 Å². The number of aliphatic imine (C=N–C) groups is 1. The predicted molar refractivity (Wildman–Crippen MR) is 118 cm³/mol. The summed E-state index contributed by atoms with van der Waals surface area (Å²) in [5.74, 6) is -1.61. The van der Waals surface area contributed by atoms with Crippen LogP contribution in [0.3, 0.4) is 0 Å². The lowest BCUT2D eigenvalue weighted by molar-refractivity contribution is -0.252. The standard InChI is InChI=1S/C20H27BrF4N2O4Si/c1-18(14-10-13(21)6-7-15(14)22)11-31-19(2,20(23,24)25)16(26-18)27(17(28)29)12-30-8-9-32(3,4)5/h6-7,10H,8-9,11-12H2,1-5H3,(H,28,29)/t18-,19+/m0/s1. The summed E-state index contributed by atoms with van der Waals surface area (Å²) in [5.41, 5.74) is -4.64. The number of rotatable bonds is 6. The molecule has 180 valence electrons. The number of hydrogen-bond acceptors (Lipinski definition) is 4. The molecule has 32 heavy (non-hydrogen) atoms. The van der Waals surface area contributed by atoms with Crippen LogP contribution in [0.2, 0.25) is 25.7 Å². The van der Waals surface area contributed by atoms with E-state index in [4.69, 9.17) is 9.47 Å². The number of amides is 1. The normalized spacial score (nSPS) is 24.2. The van der Waals surface area contributed by atoms with E-state index in [1.807, 2.05) is 0 Å². The Morgan fingerprint density at radius 2 is 1.97 bits per heavy atom. The van der Waals surface area contributed by atoms with Crippen LogP contribution in [0.25, 0.3) is 0 Å². The van der Waals surface area contributed by atoms with Gasteiger partial charge in [0.05, 0.1) is 6.61 Å². The molecule has 0 aromatic heterocycles. The zero-order valence-electron chi connectivity index (χ0n) is 18.5. The fourth-order valence-corrected chi connectivity index (χ4v) is 4.16. The molecule has 0 unspecified atom stereocenters. The first kappa shape index (κ1) is 26.7. The van der Waals surface area contributed by atoms with Gasteiger partial charge in [0.2, 0.25) is 5.60 Å². The van der Waals surface area contributed by atoms with Crippen LogP contribution in [0, 0.1) is 5.82 Å². The number of benzene rings is 1. The molecular formula is C20H27BrF4N2O4Si. The molecule has 1 aromatic carbocycles. The van der Waals surface area contributed by atoms with Gasteiger partial charge in [0.15, 0.2) is 5.84 Å². The van der Waals surface area contributed by atoms with Gasteiger partial charge in [-0.2, -0.15) is 13.2 Å². The second-order valence-electron chi connectivity index (χ2n) is 9.21. The van der Waals surface area contributed by atoms with E-state index in [9.17, 15) is 27.5 Å². The molecule has 0 radical (unpaired) electrons. The molecule has 1 amide bonds. The lowest BCUT2D eigenvalue weighted by atomic mass is 9.89. The number of nitrogens with zero attached hydrogens (tertiary/aromatic N) is 2. The summed E-state index contributed by atoms with van der Waals surface area (Å²) in [5, 5.41) is 9.69. The largest absolute Gasteiger partial charge is 0.465 e. The number of carboxylic acid groups (broad SMARTS) is 1. The average molecular weight is 543 g/mol. The first-order valence-corrected chi connectivity index (χ1v) is 14.3. The van der Waals surface area contributed by atoms with Crippen LogP contribution in [0.1, 0.15) is 19.4 Å². The topological polar surface area (TPSA) is 71.4 Å². The van der Waals surface area contributed by atoms with Crippen LogP contribution in [0.4, 0.5) is 22.4 Å². The summed E-state index contributed by atoms with van der Waals surface area (Å²) in [7, 11) is -1.50. The zero-order chi connectivity index (χ0) is 24.5. The number of hydrogen-bond donors (Lipinski definition) is 1. The molecule has 1 aliphatic heterocycles. The van der Waals surface area contributed by atoms with Crippen LogP contribution in [0.15, 0.2) is 27.7 Å². The van der Waals surface area contributed by atoms with Crippen molar-refractivity contribution < 1.29 is 36.9 Å². The van der Waals surface area contributed by atoms with E-state index in [-0.39, 0.29) is 12.2 Å². The van der Waals surface area contributed by atoms with Gasteiger partial charge in [-0.25, -0.2) is 14.1 Å². The van der Waals surface area contributed by atoms with E-state index in [1.165, 1.54) is 19.1 Å². The molecule has 1 aromatic rings. The highest BCUT2D eigenvalue weighted by molar-refractivity contribution is 9.10. The molecule has 2 rings (SSSR count). The average Bonchev–Trinajstić information content (AvgIpc) is 2.64. The molecule has 2 atom stereocenters. The van der Waals surface area contributed by atoms with Crippen molar-refractivity contribution in [1.82, 2.24) is 4.90 Å². The van der Waals surface area contributed by atoms with Crippen LogP contribution >= 0.6 is 15.9 Å². The first-order chi connectivity index (χ1) is 14.5. The Hall–Kier alpha value is -1.50. The molecule has 0 saturated heterocycles. The summed E-state index contributed by atoms with van der Waals surface area (Å²) in [6.45, 7) is 7.28. The maximum atomic E-state index is 14.6. The number of ether oxygens (including phenoxy) is 2. The van der Waals surface area contributed by atoms with E-state index in [0.29, 0.717) is 22.3 Å². The summed E-state index contributed by atoms with van der Waals surface area (Å²) in [6, 6.07) is 4.66. The third-order valence-electron chi connectivity index (χ3n) is 5.17. The predicted octanol–water partition coefficient (Wildman–Crippen LogP) is 5.85. The van der Waals surface area contributed by atoms with Crippen molar-refractivity contribution >= 4 is 35.9 Å². The van der Waals surface area contributed by atoms with Crippen molar-refractivity contribution in [3.63, 3.8) is 0 Å². The third kappa shape index (κ3) is 5.89. The summed E-state index contributed by atoms with van der Waals surface area (Å²) in [6.07, 6.45) is -6.66. The third-order valence-corrected chi connectivity index (χ3v) is 7.37. The van der Waals surface area contributed by atoms with Crippen LogP contribution in [0.5, 0.6) is 0 Å². The highest BCUT2D eigenvalue weighted by atomic mass is 79.9. The maximum absolute atomic E-state index is 14.6. The number of alkyl halides is 3. The highest BCUT2D eigenvalue weighted by Crippen LogP contribution is 2.43. The second-order valence-corrected chi connectivity index (χ2v) is 15.7. The Morgan fingerprint density at radius 1 is 1.34 bits per heavy atom. The Kier molecular flexibility index (Phi) is 7.85. The lowest BCUT2D eigenvalue weighted by Gasteiger charge is -2.44. The van der Waals surface area contributed by atoms with Gasteiger partial charge in [0.1, 0.15) is 18.1 Å². The number of amidine groups is 1. The minimum absolute atomic E-state index is 0.0291. The molecule has 1 heterocycles. The smallest absolute Gasteiger partial charge is 0.424 e. The number of carbonyl (C=O) groups is 1. The van der Waals surface area contributed by atoms with E-state index in [0.717, 1.165) is 6.07 Å². The maximum Gasteiger partial charge on any atom is 0.424 e. The summed E-state index contributed by atoms with van der Waals surface area (Å²) in [4.78, 5) is 16.5. The SMILES string of the molecule is C[C@@]1(c2cc(Br)ccc2F)CO[C@@](C)(C(F)(F)F)C(N(COCC[Si](C)(C)C)C(=O)O)=N1. The Labute approximate surface area is 193 Å². The van der Waals surface area contributed by atoms with Gasteiger partial charge in [-0.3, -0.25) is 4.99 Å². The molecule has 0 saturated carbocycles. The van der Waals surface area contributed by atoms with Crippen molar-refractivity contribution in [3.8, 4) is 0 Å². The quantitative estimate of drug-likeness (QED) is 0.212.